The van der Waals surface area contributed by atoms with Crippen molar-refractivity contribution < 1.29 is 18.0 Å². The number of nitrogens with one attached hydrogen (secondary N) is 2. The molecule has 2 N–H and O–H groups in total. The number of alkyl halides is 3. The maximum Gasteiger partial charge on any atom is 0.406 e. The number of likely N-dealkylation sites (N-methyl/N-ethyl adjacent to an activating group) is 1. The maximum atomic E-state index is 12.4. The fourth-order valence-electron chi connectivity index (χ4n) is 2.80. The van der Waals surface area contributed by atoms with Crippen molar-refractivity contribution >= 4 is 51.8 Å². The van der Waals surface area contributed by atoms with Gasteiger partial charge in [0, 0.05) is 30.0 Å². The summed E-state index contributed by atoms with van der Waals surface area (Å²) in [6.07, 6.45) is -2.34. The van der Waals surface area contributed by atoms with Gasteiger partial charge >= 0.3 is 6.18 Å². The summed E-state index contributed by atoms with van der Waals surface area (Å²) in [5.74, 6) is -0.263. The normalized spacial score (nSPS) is 15.4. The van der Waals surface area contributed by atoms with Crippen LogP contribution in [0.15, 0.2) is 33.7 Å². The molecule has 1 aliphatic carbocycles. The number of amides is 1. The highest BCUT2D eigenvalue weighted by molar-refractivity contribution is 14.0. The van der Waals surface area contributed by atoms with Gasteiger partial charge in [-0.3, -0.25) is 4.79 Å². The fourth-order valence-corrected chi connectivity index (χ4v) is 3.51. The lowest BCUT2D eigenvalue weighted by atomic mass is 9.96. The Labute approximate surface area is 188 Å². The Balaban J connectivity index is 0.00000392. The van der Waals surface area contributed by atoms with Crippen LogP contribution in [-0.2, 0) is 10.2 Å². The topological polar surface area (TPSA) is 56.7 Å². The summed E-state index contributed by atoms with van der Waals surface area (Å²) in [4.78, 5) is 16.6. The molecule has 1 saturated carbocycles. The van der Waals surface area contributed by atoms with Crippen molar-refractivity contribution in [3.63, 3.8) is 0 Å². The second kappa shape index (κ2) is 10.7. The molecule has 158 valence electrons. The zero-order valence-electron chi connectivity index (χ0n) is 15.8. The molecule has 1 amide bonds. The summed E-state index contributed by atoms with van der Waals surface area (Å²) in [5, 5.41) is 6.24. The summed E-state index contributed by atoms with van der Waals surface area (Å²) in [5.41, 5.74) is 1.22. The molecule has 5 nitrogen and oxygen atoms in total. The van der Waals surface area contributed by atoms with Gasteiger partial charge in [-0.1, -0.05) is 34.1 Å². The van der Waals surface area contributed by atoms with Crippen LogP contribution in [0.2, 0.25) is 0 Å². The number of hydrogen-bond donors (Lipinski definition) is 2. The lowest BCUT2D eigenvalue weighted by molar-refractivity contribution is -0.157. The molecule has 1 fully saturated rings. The molecule has 0 aromatic heterocycles. The summed E-state index contributed by atoms with van der Waals surface area (Å²) in [6.45, 7) is 1.48. The minimum Gasteiger partial charge on any atom is -0.357 e. The molecule has 1 aromatic rings. The lowest BCUT2D eigenvalue weighted by Gasteiger charge is -2.21. The summed E-state index contributed by atoms with van der Waals surface area (Å²) < 4.78 is 38.2. The zero-order chi connectivity index (χ0) is 20.1. The Kier molecular flexibility index (Phi) is 9.51. The van der Waals surface area contributed by atoms with Gasteiger partial charge in [0.25, 0.3) is 0 Å². The van der Waals surface area contributed by atoms with E-state index in [0.29, 0.717) is 23.9 Å². The highest BCUT2D eigenvalue weighted by atomic mass is 127. The van der Waals surface area contributed by atoms with Gasteiger partial charge in [0.1, 0.15) is 13.1 Å². The highest BCUT2D eigenvalue weighted by Gasteiger charge is 2.45. The maximum absolute atomic E-state index is 12.4. The van der Waals surface area contributed by atoms with Gasteiger partial charge in [-0.2, -0.15) is 13.2 Å². The van der Waals surface area contributed by atoms with Crippen LogP contribution in [0.3, 0.4) is 0 Å². The van der Waals surface area contributed by atoms with Crippen LogP contribution < -0.4 is 10.6 Å². The van der Waals surface area contributed by atoms with Crippen molar-refractivity contribution in [1.29, 1.82) is 0 Å². The third kappa shape index (κ3) is 7.41. The average Bonchev–Trinajstić information content (AvgIpc) is 3.37. The first-order chi connectivity index (χ1) is 12.7. The van der Waals surface area contributed by atoms with Crippen molar-refractivity contribution in [2.75, 3.05) is 33.2 Å². The van der Waals surface area contributed by atoms with Crippen LogP contribution in [0.25, 0.3) is 0 Å². The first-order valence-electron chi connectivity index (χ1n) is 8.75. The predicted octanol–water partition coefficient (Wildman–Crippen LogP) is 3.67. The molecule has 0 saturated heterocycles. The first kappa shape index (κ1) is 25.0. The quantitative estimate of drug-likeness (QED) is 0.296. The Morgan fingerprint density at radius 2 is 1.93 bits per heavy atom. The largest absolute Gasteiger partial charge is 0.406 e. The number of nitrogens with zero attached hydrogens (tertiary/aromatic N) is 2. The van der Waals surface area contributed by atoms with Crippen LogP contribution in [0.1, 0.15) is 25.3 Å². The van der Waals surface area contributed by atoms with E-state index in [4.69, 9.17) is 0 Å². The van der Waals surface area contributed by atoms with Crippen molar-refractivity contribution in [2.45, 2.75) is 31.4 Å². The lowest BCUT2D eigenvalue weighted by Crippen LogP contribution is -2.42. The summed E-state index contributed by atoms with van der Waals surface area (Å²) >= 11 is 3.58. The molecule has 0 spiro atoms. The number of benzene rings is 1. The van der Waals surface area contributed by atoms with Gasteiger partial charge in [0.2, 0.25) is 5.91 Å². The molecule has 28 heavy (non-hydrogen) atoms. The number of rotatable bonds is 7. The fraction of sp³-hybridized carbons (Fsp3) is 0.556. The summed E-state index contributed by atoms with van der Waals surface area (Å²) in [6, 6.07) is 8.04. The third-order valence-electron chi connectivity index (χ3n) is 4.45. The van der Waals surface area contributed by atoms with E-state index in [-0.39, 0.29) is 35.9 Å². The number of guanidine groups is 1. The van der Waals surface area contributed by atoms with Gasteiger partial charge in [-0.25, -0.2) is 4.99 Å². The third-order valence-corrected chi connectivity index (χ3v) is 5.14. The molecule has 2 rings (SSSR count). The molecule has 0 radical (unpaired) electrons. The van der Waals surface area contributed by atoms with Gasteiger partial charge in [-0.05, 0) is 31.4 Å². The summed E-state index contributed by atoms with van der Waals surface area (Å²) in [7, 11) is 1.12. The van der Waals surface area contributed by atoms with E-state index < -0.39 is 18.6 Å². The van der Waals surface area contributed by atoms with Gasteiger partial charge in [0.15, 0.2) is 5.96 Å². The molecule has 10 heteroatoms. The molecule has 1 aromatic carbocycles. The molecule has 1 aliphatic rings. The van der Waals surface area contributed by atoms with E-state index in [0.717, 1.165) is 24.4 Å². The number of halogens is 5. The molecule has 0 atom stereocenters. The van der Waals surface area contributed by atoms with Gasteiger partial charge in [0.05, 0.1) is 0 Å². The van der Waals surface area contributed by atoms with Gasteiger partial charge < -0.3 is 15.5 Å². The van der Waals surface area contributed by atoms with Crippen LogP contribution in [0, 0.1) is 0 Å². The smallest absolute Gasteiger partial charge is 0.357 e. The van der Waals surface area contributed by atoms with E-state index in [1.54, 1.807) is 0 Å². The van der Waals surface area contributed by atoms with E-state index in [1.807, 2.05) is 25.1 Å². The Hall–Kier alpha value is -1.04. The van der Waals surface area contributed by atoms with Crippen LogP contribution in [-0.4, -0.2) is 56.2 Å². The predicted molar refractivity (Wildman–Crippen MR) is 118 cm³/mol. The van der Waals surface area contributed by atoms with Crippen LogP contribution in [0.5, 0.6) is 0 Å². The molecule has 0 heterocycles. The van der Waals surface area contributed by atoms with E-state index in [9.17, 15) is 18.0 Å². The van der Waals surface area contributed by atoms with Crippen molar-refractivity contribution in [1.82, 2.24) is 15.5 Å². The minimum absolute atomic E-state index is 0. The van der Waals surface area contributed by atoms with Crippen molar-refractivity contribution in [3.05, 3.63) is 34.3 Å². The number of aliphatic imine (C=N–C) groups is 1. The highest BCUT2D eigenvalue weighted by Crippen LogP contribution is 2.49. The second-order valence-corrected chi connectivity index (χ2v) is 7.53. The first-order valence-corrected chi connectivity index (χ1v) is 9.54. The Morgan fingerprint density at radius 3 is 2.46 bits per heavy atom. The Bertz CT molecular complexity index is 696. The molecule has 0 aliphatic heterocycles. The number of carbonyl (C=O) groups excluding carboxylic acids is 1. The number of carbonyl (C=O) groups is 1. The zero-order valence-corrected chi connectivity index (χ0v) is 19.7. The van der Waals surface area contributed by atoms with Crippen molar-refractivity contribution in [3.8, 4) is 0 Å². The molecule has 0 unspecified atom stereocenters. The SMILES string of the molecule is CCNC(=NCC(=O)N(C)CC(F)(F)F)NCC1(c2ccccc2Br)CC1.I. The molecular formula is C18H25BrF3IN4O. The van der Waals surface area contributed by atoms with Crippen molar-refractivity contribution in [2.24, 2.45) is 4.99 Å². The molecule has 0 bridgehead atoms. The van der Waals surface area contributed by atoms with Gasteiger partial charge in [-0.15, -0.1) is 24.0 Å². The van der Waals surface area contributed by atoms with E-state index >= 15 is 0 Å². The monoisotopic (exact) mass is 576 g/mol. The van der Waals surface area contributed by atoms with E-state index in [1.165, 1.54) is 5.56 Å². The van der Waals surface area contributed by atoms with Crippen LogP contribution >= 0.6 is 39.9 Å². The Morgan fingerprint density at radius 1 is 1.29 bits per heavy atom. The minimum atomic E-state index is -4.42. The molecular weight excluding hydrogens is 552 g/mol. The van der Waals surface area contributed by atoms with Crippen LogP contribution in [0.4, 0.5) is 13.2 Å². The second-order valence-electron chi connectivity index (χ2n) is 6.67. The van der Waals surface area contributed by atoms with E-state index in [2.05, 4.69) is 37.6 Å². The number of hydrogen-bond acceptors (Lipinski definition) is 2. The standard InChI is InChI=1S/C18H24BrF3N4O.HI/c1-3-23-16(24-10-15(27)26(2)12-18(20,21)22)25-11-17(8-9-17)13-6-4-5-7-14(13)19;/h4-7H,3,8-12H2,1-2H3,(H2,23,24,25);1H. The average molecular weight is 577 g/mol.